The third-order valence-electron chi connectivity index (χ3n) is 3.45. The lowest BCUT2D eigenvalue weighted by Crippen LogP contribution is -2.30. The molecule has 0 saturated heterocycles. The number of halogens is 3. The van der Waals surface area contributed by atoms with E-state index in [1.54, 1.807) is 18.2 Å². The molecule has 5 nitrogen and oxygen atoms in total. The lowest BCUT2D eigenvalue weighted by Gasteiger charge is -2.11. The molecule has 2 heterocycles. The molecule has 1 amide bonds. The van der Waals surface area contributed by atoms with E-state index in [9.17, 15) is 22.8 Å². The second kappa shape index (κ2) is 6.39. The van der Waals surface area contributed by atoms with Crippen molar-refractivity contribution in [1.29, 1.82) is 0 Å². The van der Waals surface area contributed by atoms with Gasteiger partial charge in [0.25, 0.3) is 11.5 Å². The molecule has 8 heteroatoms. The predicted molar refractivity (Wildman–Crippen MR) is 86.5 cm³/mol. The molecule has 0 aliphatic carbocycles. The summed E-state index contributed by atoms with van der Waals surface area (Å²) >= 11 is 0. The van der Waals surface area contributed by atoms with Crippen molar-refractivity contribution in [1.82, 2.24) is 9.55 Å². The molecule has 0 unspecified atom stereocenters. The van der Waals surface area contributed by atoms with Crippen molar-refractivity contribution in [3.05, 3.63) is 70.8 Å². The summed E-state index contributed by atoms with van der Waals surface area (Å²) in [5, 5.41) is 3.15. The molecule has 0 radical (unpaired) electrons. The molecule has 0 saturated carbocycles. The van der Waals surface area contributed by atoms with Gasteiger partial charge in [0.05, 0.1) is 5.52 Å². The number of fused-ring (bicyclic) bond motifs is 1. The number of pyridine rings is 2. The van der Waals surface area contributed by atoms with Crippen molar-refractivity contribution in [2.24, 2.45) is 0 Å². The average molecular weight is 347 g/mol. The first-order valence-corrected chi connectivity index (χ1v) is 7.27. The number of carbonyl (C=O) groups excluding carboxylic acids is 1. The lowest BCUT2D eigenvalue weighted by molar-refractivity contribution is -0.141. The zero-order valence-corrected chi connectivity index (χ0v) is 12.7. The summed E-state index contributed by atoms with van der Waals surface area (Å²) in [6, 6.07) is 12.8. The average Bonchev–Trinajstić information content (AvgIpc) is 2.57. The van der Waals surface area contributed by atoms with Gasteiger partial charge in [0.2, 0.25) is 0 Å². The number of anilines is 1. The van der Waals surface area contributed by atoms with Crippen LogP contribution in [0.2, 0.25) is 0 Å². The summed E-state index contributed by atoms with van der Waals surface area (Å²) < 4.78 is 37.9. The number of nitrogens with one attached hydrogen (secondary N) is 1. The van der Waals surface area contributed by atoms with Crippen molar-refractivity contribution in [3.8, 4) is 0 Å². The van der Waals surface area contributed by atoms with Gasteiger partial charge in [-0.25, -0.2) is 4.98 Å². The summed E-state index contributed by atoms with van der Waals surface area (Å²) in [5.41, 5.74) is -0.525. The molecule has 128 valence electrons. The van der Waals surface area contributed by atoms with Gasteiger partial charge in [-0.15, -0.1) is 0 Å². The van der Waals surface area contributed by atoms with Gasteiger partial charge < -0.3 is 9.88 Å². The smallest absolute Gasteiger partial charge is 0.316 e. The molecule has 0 aliphatic rings. The second-order valence-electron chi connectivity index (χ2n) is 5.31. The SMILES string of the molecule is O=C(Nc1cccn(CC(F)(F)F)c1=O)c1ccc2ccccc2n1. The number of hydrogen-bond acceptors (Lipinski definition) is 3. The summed E-state index contributed by atoms with van der Waals surface area (Å²) in [6.07, 6.45) is -3.52. The first kappa shape index (κ1) is 16.7. The van der Waals surface area contributed by atoms with E-state index in [0.717, 1.165) is 11.6 Å². The first-order valence-electron chi connectivity index (χ1n) is 7.27. The Morgan fingerprint density at radius 1 is 1.08 bits per heavy atom. The molecule has 1 N–H and O–H groups in total. The van der Waals surface area contributed by atoms with Crippen LogP contribution in [0.4, 0.5) is 18.9 Å². The van der Waals surface area contributed by atoms with Crippen LogP contribution >= 0.6 is 0 Å². The number of hydrogen-bond donors (Lipinski definition) is 1. The van der Waals surface area contributed by atoms with Gasteiger partial charge in [0.1, 0.15) is 17.9 Å². The van der Waals surface area contributed by atoms with Crippen LogP contribution in [-0.4, -0.2) is 21.6 Å². The highest BCUT2D eigenvalue weighted by molar-refractivity contribution is 6.03. The number of aromatic nitrogens is 2. The van der Waals surface area contributed by atoms with E-state index in [1.165, 1.54) is 18.2 Å². The van der Waals surface area contributed by atoms with Crippen molar-refractivity contribution < 1.29 is 18.0 Å². The quantitative estimate of drug-likeness (QED) is 0.791. The highest BCUT2D eigenvalue weighted by atomic mass is 19.4. The van der Waals surface area contributed by atoms with Gasteiger partial charge in [-0.2, -0.15) is 13.2 Å². The summed E-state index contributed by atoms with van der Waals surface area (Å²) in [7, 11) is 0. The van der Waals surface area contributed by atoms with Gasteiger partial charge in [-0.05, 0) is 24.3 Å². The van der Waals surface area contributed by atoms with Gasteiger partial charge in [-0.3, -0.25) is 9.59 Å². The molecular weight excluding hydrogens is 335 g/mol. The number of rotatable bonds is 3. The number of para-hydroxylation sites is 1. The minimum Gasteiger partial charge on any atom is -0.316 e. The van der Waals surface area contributed by atoms with Crippen LogP contribution in [0.15, 0.2) is 59.5 Å². The molecule has 0 atom stereocenters. The van der Waals surface area contributed by atoms with E-state index in [0.29, 0.717) is 10.1 Å². The number of amides is 1. The van der Waals surface area contributed by atoms with E-state index in [2.05, 4.69) is 10.3 Å². The second-order valence-corrected chi connectivity index (χ2v) is 5.31. The van der Waals surface area contributed by atoms with Crippen LogP contribution in [0.5, 0.6) is 0 Å². The maximum atomic E-state index is 12.5. The predicted octanol–water partition coefficient (Wildman–Crippen LogP) is 3.21. The van der Waals surface area contributed by atoms with Crippen LogP contribution in [0, 0.1) is 0 Å². The van der Waals surface area contributed by atoms with Crippen LogP contribution in [0.1, 0.15) is 10.5 Å². The van der Waals surface area contributed by atoms with Gasteiger partial charge in [-0.1, -0.05) is 24.3 Å². The largest absolute Gasteiger partial charge is 0.406 e. The summed E-state index contributed by atoms with van der Waals surface area (Å²) in [4.78, 5) is 28.5. The lowest BCUT2D eigenvalue weighted by atomic mass is 10.2. The molecular formula is C17H12F3N3O2. The van der Waals surface area contributed by atoms with Gasteiger partial charge in [0.15, 0.2) is 0 Å². The molecule has 2 aromatic heterocycles. The number of carbonyl (C=O) groups is 1. The Labute approximate surface area is 139 Å². The number of alkyl halides is 3. The highest BCUT2D eigenvalue weighted by Crippen LogP contribution is 2.17. The molecule has 0 spiro atoms. The topological polar surface area (TPSA) is 64.0 Å². The van der Waals surface area contributed by atoms with Crippen molar-refractivity contribution >= 4 is 22.5 Å². The normalized spacial score (nSPS) is 11.5. The van der Waals surface area contributed by atoms with Crippen molar-refractivity contribution in [2.45, 2.75) is 12.7 Å². The molecule has 0 aliphatic heterocycles. The zero-order valence-electron chi connectivity index (χ0n) is 12.7. The van der Waals surface area contributed by atoms with Crippen LogP contribution in [0.25, 0.3) is 10.9 Å². The molecule has 3 aromatic rings. The first-order chi connectivity index (χ1) is 11.8. The van der Waals surface area contributed by atoms with E-state index in [1.807, 2.05) is 12.1 Å². The molecule has 0 fully saturated rings. The van der Waals surface area contributed by atoms with Gasteiger partial charge >= 0.3 is 6.18 Å². The standard InChI is InChI=1S/C17H12F3N3O2/c18-17(19,20)10-23-9-3-6-14(16(23)25)22-15(24)13-8-7-11-4-1-2-5-12(11)21-13/h1-9H,10H2,(H,22,24). The molecule has 1 aromatic carbocycles. The Balaban J connectivity index is 1.87. The highest BCUT2D eigenvalue weighted by Gasteiger charge is 2.28. The molecule has 3 rings (SSSR count). The number of benzene rings is 1. The Morgan fingerprint density at radius 2 is 1.84 bits per heavy atom. The van der Waals surface area contributed by atoms with E-state index < -0.39 is 24.2 Å². The van der Waals surface area contributed by atoms with Crippen LogP contribution in [0.3, 0.4) is 0 Å². The Bertz CT molecular complexity index is 996. The van der Waals surface area contributed by atoms with Gasteiger partial charge in [0, 0.05) is 11.6 Å². The zero-order chi connectivity index (χ0) is 18.0. The Hall–Kier alpha value is -3.16. The fraction of sp³-hybridized carbons (Fsp3) is 0.118. The third-order valence-corrected chi connectivity index (χ3v) is 3.45. The summed E-state index contributed by atoms with van der Waals surface area (Å²) in [6.45, 7) is -1.43. The van der Waals surface area contributed by atoms with E-state index >= 15 is 0 Å². The minimum absolute atomic E-state index is 0.0596. The third kappa shape index (κ3) is 3.85. The van der Waals surface area contributed by atoms with Crippen molar-refractivity contribution in [3.63, 3.8) is 0 Å². The maximum Gasteiger partial charge on any atom is 0.406 e. The maximum absolute atomic E-state index is 12.5. The Morgan fingerprint density at radius 3 is 2.60 bits per heavy atom. The monoisotopic (exact) mass is 347 g/mol. The summed E-state index contributed by atoms with van der Waals surface area (Å²) in [5.74, 6) is -0.674. The van der Waals surface area contributed by atoms with Crippen molar-refractivity contribution in [2.75, 3.05) is 5.32 Å². The minimum atomic E-state index is -4.54. The molecule has 0 bridgehead atoms. The Kier molecular flexibility index (Phi) is 4.26. The van der Waals surface area contributed by atoms with E-state index in [-0.39, 0.29) is 11.4 Å². The van der Waals surface area contributed by atoms with Crippen LogP contribution < -0.4 is 10.9 Å². The van der Waals surface area contributed by atoms with E-state index in [4.69, 9.17) is 0 Å². The van der Waals surface area contributed by atoms with Crippen LogP contribution in [-0.2, 0) is 6.54 Å². The molecule has 25 heavy (non-hydrogen) atoms. The fourth-order valence-corrected chi connectivity index (χ4v) is 2.33. The number of nitrogens with zero attached hydrogens (tertiary/aromatic N) is 2. The fourth-order valence-electron chi connectivity index (χ4n) is 2.33.